The number of carbonyl (C=O) groups excluding carboxylic acids is 1. The Labute approximate surface area is 195 Å². The van der Waals surface area contributed by atoms with Crippen molar-refractivity contribution < 1.29 is 13.9 Å². The van der Waals surface area contributed by atoms with Crippen LogP contribution in [0.1, 0.15) is 27.3 Å². The molecule has 34 heavy (non-hydrogen) atoms. The molecule has 5 rings (SSSR count). The molecule has 0 unspecified atom stereocenters. The number of hydrogen-bond donors (Lipinski definition) is 2. The van der Waals surface area contributed by atoms with Gasteiger partial charge >= 0.3 is 0 Å². The molecule has 1 aliphatic rings. The monoisotopic (exact) mass is 458 g/mol. The van der Waals surface area contributed by atoms with Crippen molar-refractivity contribution in [3.8, 4) is 17.1 Å². The van der Waals surface area contributed by atoms with Crippen molar-refractivity contribution in [2.24, 2.45) is 7.05 Å². The van der Waals surface area contributed by atoms with Gasteiger partial charge in [0.15, 0.2) is 17.5 Å². The van der Waals surface area contributed by atoms with Crippen LogP contribution in [-0.2, 0) is 26.6 Å². The molecule has 0 saturated carbocycles. The number of fused-ring (bicyclic) bond motifs is 1. The third-order valence-electron chi connectivity index (χ3n) is 5.79. The van der Waals surface area contributed by atoms with Crippen LogP contribution in [0.15, 0.2) is 60.9 Å². The summed E-state index contributed by atoms with van der Waals surface area (Å²) >= 11 is 0. The highest BCUT2D eigenvalue weighted by Gasteiger charge is 2.17. The Morgan fingerprint density at radius 1 is 1.15 bits per heavy atom. The van der Waals surface area contributed by atoms with Gasteiger partial charge in [-0.25, -0.2) is 4.39 Å². The number of rotatable bonds is 7. The van der Waals surface area contributed by atoms with Gasteiger partial charge in [-0.15, -0.1) is 10.2 Å². The molecular formula is C25H23FN6O2. The molecule has 2 aromatic heterocycles. The van der Waals surface area contributed by atoms with Crippen molar-refractivity contribution in [2.75, 3.05) is 11.9 Å². The molecule has 1 aliphatic heterocycles. The molecule has 2 N–H and O–H groups in total. The van der Waals surface area contributed by atoms with E-state index in [0.29, 0.717) is 42.5 Å². The summed E-state index contributed by atoms with van der Waals surface area (Å²) in [6.07, 6.45) is 3.56. The molecular weight excluding hydrogens is 435 g/mol. The van der Waals surface area contributed by atoms with Crippen LogP contribution in [0.3, 0.4) is 0 Å². The highest BCUT2D eigenvalue weighted by molar-refractivity contribution is 5.95. The molecule has 0 fully saturated rings. The number of amides is 1. The molecule has 172 valence electrons. The lowest BCUT2D eigenvalue weighted by Crippen LogP contribution is -2.23. The van der Waals surface area contributed by atoms with E-state index >= 15 is 0 Å². The molecule has 3 heterocycles. The van der Waals surface area contributed by atoms with Gasteiger partial charge in [0.2, 0.25) is 0 Å². The van der Waals surface area contributed by atoms with Gasteiger partial charge in [-0.2, -0.15) is 0 Å². The summed E-state index contributed by atoms with van der Waals surface area (Å²) < 4.78 is 21.5. The fraction of sp³-hybridized carbons (Fsp3) is 0.200. The topological polar surface area (TPSA) is 94.0 Å². The Morgan fingerprint density at radius 3 is 2.91 bits per heavy atom. The number of pyridine rings is 1. The lowest BCUT2D eigenvalue weighted by molar-refractivity contribution is 0.0950. The van der Waals surface area contributed by atoms with E-state index in [1.54, 1.807) is 29.8 Å². The van der Waals surface area contributed by atoms with Crippen LogP contribution in [0.4, 0.5) is 10.1 Å². The van der Waals surface area contributed by atoms with Crippen LogP contribution in [0, 0.1) is 5.82 Å². The zero-order valence-corrected chi connectivity index (χ0v) is 18.6. The van der Waals surface area contributed by atoms with Gasteiger partial charge in [0.05, 0.1) is 24.9 Å². The van der Waals surface area contributed by atoms with E-state index in [0.717, 1.165) is 29.6 Å². The minimum absolute atomic E-state index is 0.173. The van der Waals surface area contributed by atoms with Gasteiger partial charge in [-0.1, -0.05) is 24.3 Å². The number of carbonyl (C=O) groups is 1. The highest BCUT2D eigenvalue weighted by atomic mass is 19.1. The standard InChI is InChI=1S/C25H23FN6O2/c1-32-22(30-31-24(32)20-8-10-27-14-21(20)26)15-28-19-7-3-5-17(12-19)25(33)29-13-18-6-2-4-16-9-11-34-23(16)18/h2-8,10,12,14,28H,9,11,13,15H2,1H3,(H,29,33). The maximum Gasteiger partial charge on any atom is 0.251 e. The van der Waals surface area contributed by atoms with Gasteiger partial charge in [-0.3, -0.25) is 9.78 Å². The summed E-state index contributed by atoms with van der Waals surface area (Å²) in [5, 5.41) is 14.5. The maximum absolute atomic E-state index is 14.1. The molecule has 0 bridgehead atoms. The SMILES string of the molecule is Cn1c(CNc2cccc(C(=O)NCc3cccc4c3OCC4)c2)nnc1-c1ccncc1F. The van der Waals surface area contributed by atoms with E-state index < -0.39 is 5.82 Å². The summed E-state index contributed by atoms with van der Waals surface area (Å²) in [5.41, 5.74) is 3.79. The first-order valence-electron chi connectivity index (χ1n) is 10.9. The predicted molar refractivity (Wildman–Crippen MR) is 125 cm³/mol. The van der Waals surface area contributed by atoms with Crippen LogP contribution in [-0.4, -0.2) is 32.3 Å². The van der Waals surface area contributed by atoms with Crippen molar-refractivity contribution in [1.29, 1.82) is 0 Å². The fourth-order valence-corrected chi connectivity index (χ4v) is 3.96. The molecule has 0 radical (unpaired) electrons. The third kappa shape index (κ3) is 4.32. The Balaban J connectivity index is 1.23. The average molecular weight is 458 g/mol. The van der Waals surface area contributed by atoms with Crippen molar-refractivity contribution in [1.82, 2.24) is 25.1 Å². The van der Waals surface area contributed by atoms with E-state index in [1.807, 2.05) is 24.3 Å². The van der Waals surface area contributed by atoms with E-state index in [1.165, 1.54) is 11.8 Å². The fourth-order valence-electron chi connectivity index (χ4n) is 3.96. The zero-order chi connectivity index (χ0) is 23.5. The molecule has 2 aromatic carbocycles. The maximum atomic E-state index is 14.1. The lowest BCUT2D eigenvalue weighted by atomic mass is 10.1. The quantitative estimate of drug-likeness (QED) is 0.440. The molecule has 0 spiro atoms. The number of halogens is 1. The number of nitrogens with zero attached hydrogens (tertiary/aromatic N) is 4. The van der Waals surface area contributed by atoms with Crippen LogP contribution < -0.4 is 15.4 Å². The first-order valence-corrected chi connectivity index (χ1v) is 10.9. The second-order valence-corrected chi connectivity index (χ2v) is 7.98. The molecule has 4 aromatic rings. The Hall–Kier alpha value is -4.27. The molecule has 0 saturated heterocycles. The third-order valence-corrected chi connectivity index (χ3v) is 5.79. The average Bonchev–Trinajstić information content (AvgIpc) is 3.48. The van der Waals surface area contributed by atoms with Gasteiger partial charge in [0, 0.05) is 43.0 Å². The highest BCUT2D eigenvalue weighted by Crippen LogP contribution is 2.29. The molecule has 8 nitrogen and oxygen atoms in total. The van der Waals surface area contributed by atoms with Crippen LogP contribution in [0.25, 0.3) is 11.4 Å². The summed E-state index contributed by atoms with van der Waals surface area (Å²) in [4.78, 5) is 16.5. The molecule has 0 aliphatic carbocycles. The second-order valence-electron chi connectivity index (χ2n) is 7.98. The summed E-state index contributed by atoms with van der Waals surface area (Å²) in [6, 6.07) is 14.8. The predicted octanol–water partition coefficient (Wildman–Crippen LogP) is 3.49. The van der Waals surface area contributed by atoms with Gasteiger partial charge in [0.1, 0.15) is 5.75 Å². The van der Waals surface area contributed by atoms with E-state index in [9.17, 15) is 9.18 Å². The van der Waals surface area contributed by atoms with Crippen molar-refractivity contribution in [3.05, 3.63) is 89.3 Å². The minimum Gasteiger partial charge on any atom is -0.493 e. The molecule has 1 amide bonds. The first-order chi connectivity index (χ1) is 16.6. The number of nitrogens with one attached hydrogen (secondary N) is 2. The minimum atomic E-state index is -0.455. The second kappa shape index (κ2) is 9.30. The molecule has 0 atom stereocenters. The Kier molecular flexibility index (Phi) is 5.90. The van der Waals surface area contributed by atoms with Crippen LogP contribution >= 0.6 is 0 Å². The van der Waals surface area contributed by atoms with E-state index in [4.69, 9.17) is 4.74 Å². The van der Waals surface area contributed by atoms with Crippen molar-refractivity contribution >= 4 is 11.6 Å². The van der Waals surface area contributed by atoms with E-state index in [2.05, 4.69) is 31.9 Å². The largest absolute Gasteiger partial charge is 0.493 e. The van der Waals surface area contributed by atoms with E-state index in [-0.39, 0.29) is 5.91 Å². The number of ether oxygens (including phenoxy) is 1. The van der Waals surface area contributed by atoms with Gasteiger partial charge < -0.3 is 19.9 Å². The van der Waals surface area contributed by atoms with Crippen molar-refractivity contribution in [3.63, 3.8) is 0 Å². The van der Waals surface area contributed by atoms with Crippen LogP contribution in [0.5, 0.6) is 5.75 Å². The number of benzene rings is 2. The summed E-state index contributed by atoms with van der Waals surface area (Å²) in [5.74, 6) is 1.30. The zero-order valence-electron chi connectivity index (χ0n) is 18.6. The molecule has 9 heteroatoms. The van der Waals surface area contributed by atoms with Crippen LogP contribution in [0.2, 0.25) is 0 Å². The van der Waals surface area contributed by atoms with Crippen molar-refractivity contribution in [2.45, 2.75) is 19.5 Å². The summed E-state index contributed by atoms with van der Waals surface area (Å²) in [7, 11) is 1.78. The Morgan fingerprint density at radius 2 is 2.03 bits per heavy atom. The summed E-state index contributed by atoms with van der Waals surface area (Å²) in [6.45, 7) is 1.43. The number of anilines is 1. The normalized spacial score (nSPS) is 12.2. The smallest absolute Gasteiger partial charge is 0.251 e. The number of hydrogen-bond acceptors (Lipinski definition) is 6. The van der Waals surface area contributed by atoms with Gasteiger partial charge in [0.25, 0.3) is 5.91 Å². The lowest BCUT2D eigenvalue weighted by Gasteiger charge is -2.11. The first kappa shape index (κ1) is 21.6. The number of aromatic nitrogens is 4. The number of para-hydroxylation sites is 1. The Bertz CT molecular complexity index is 1350. The van der Waals surface area contributed by atoms with Gasteiger partial charge in [-0.05, 0) is 29.8 Å².